The molecule has 0 unspecified atom stereocenters. The zero-order valence-corrected chi connectivity index (χ0v) is 15.1. The van der Waals surface area contributed by atoms with E-state index in [1.807, 2.05) is 0 Å². The highest BCUT2D eigenvalue weighted by Gasteiger charge is 2.44. The Labute approximate surface area is 160 Å². The summed E-state index contributed by atoms with van der Waals surface area (Å²) in [6.07, 6.45) is -1.84. The lowest BCUT2D eigenvalue weighted by Crippen LogP contribution is -2.33. The molecule has 0 spiro atoms. The van der Waals surface area contributed by atoms with E-state index in [4.69, 9.17) is 15.6 Å². The van der Waals surface area contributed by atoms with Crippen molar-refractivity contribution in [3.8, 4) is 0 Å². The average Bonchev–Trinajstić information content (AvgIpc) is 3.21. The van der Waals surface area contributed by atoms with E-state index in [0.29, 0.717) is 5.56 Å². The predicted octanol–water partition coefficient (Wildman–Crippen LogP) is -3.32. The van der Waals surface area contributed by atoms with Crippen LogP contribution in [0.5, 0.6) is 0 Å². The Bertz CT molecular complexity index is 1180. The Morgan fingerprint density at radius 2 is 1.93 bits per heavy atom. The lowest BCUT2D eigenvalue weighted by Gasteiger charge is -2.16. The largest absolute Gasteiger partial charge is 0.394 e. The Hall–Kier alpha value is -3.33. The molecule has 3 aromatic rings. The molecule has 0 radical (unpaired) electrons. The number of aryl methyl sites for hydroxylation is 1. The normalized spacial score (nSPS) is 23.7. The maximum atomic E-state index is 11.7. The van der Waals surface area contributed by atoms with E-state index in [9.17, 15) is 24.6 Å². The number of hydrogen-bond acceptors (Lipinski definition) is 10. The van der Waals surface area contributed by atoms with Crippen molar-refractivity contribution in [3.05, 3.63) is 49.3 Å². The molecule has 3 aromatic heterocycles. The fourth-order valence-corrected chi connectivity index (χ4v) is 2.72. The van der Waals surface area contributed by atoms with Gasteiger partial charge in [-0.15, -0.1) is 0 Å². The maximum Gasteiger partial charge on any atom is 0.325 e. The van der Waals surface area contributed by atoms with E-state index < -0.39 is 42.4 Å². The van der Waals surface area contributed by atoms with Crippen molar-refractivity contribution in [1.82, 2.24) is 29.5 Å². The molecule has 1 aliphatic rings. The summed E-state index contributed by atoms with van der Waals surface area (Å²) in [6, 6.07) is 0. The summed E-state index contributed by atoms with van der Waals surface area (Å²) in [4.78, 5) is 47.1. The molecule has 1 fully saturated rings. The first-order valence-corrected chi connectivity index (χ1v) is 8.36. The summed E-state index contributed by atoms with van der Waals surface area (Å²) in [5.74, 6) is -0.101. The SMILES string of the molecule is Cc1c[nH]c(=O)[nH]c1=O.Nc1nc2c(ncn2[C@@H]2O[C@H](CO)[C@@H](O)[C@H]2O)c(=O)[nH]1. The molecule has 0 saturated carbocycles. The van der Waals surface area contributed by atoms with Crippen LogP contribution in [0.1, 0.15) is 11.8 Å². The number of nitrogens with two attached hydrogens (primary N) is 1. The molecule has 14 nitrogen and oxygen atoms in total. The molecule has 4 heterocycles. The zero-order valence-electron chi connectivity index (χ0n) is 15.1. The van der Waals surface area contributed by atoms with Gasteiger partial charge < -0.3 is 30.8 Å². The lowest BCUT2D eigenvalue weighted by molar-refractivity contribution is -0.0511. The third-order valence-electron chi connectivity index (χ3n) is 4.25. The number of imidazole rings is 1. The van der Waals surface area contributed by atoms with Gasteiger partial charge >= 0.3 is 5.69 Å². The van der Waals surface area contributed by atoms with Gasteiger partial charge in [0.15, 0.2) is 17.4 Å². The second-order valence-corrected chi connectivity index (χ2v) is 6.26. The number of aliphatic hydroxyl groups excluding tert-OH is 3. The van der Waals surface area contributed by atoms with Gasteiger partial charge in [0, 0.05) is 11.8 Å². The Morgan fingerprint density at radius 3 is 2.52 bits per heavy atom. The van der Waals surface area contributed by atoms with Crippen LogP contribution in [0.3, 0.4) is 0 Å². The molecule has 29 heavy (non-hydrogen) atoms. The van der Waals surface area contributed by atoms with E-state index in [0.717, 1.165) is 0 Å². The number of aromatic nitrogens is 6. The molecule has 4 atom stereocenters. The number of nitrogen functional groups attached to an aromatic ring is 1. The Balaban J connectivity index is 0.000000224. The number of anilines is 1. The van der Waals surface area contributed by atoms with Crippen LogP contribution in [-0.2, 0) is 4.74 Å². The van der Waals surface area contributed by atoms with Gasteiger partial charge in [0.05, 0.1) is 12.9 Å². The third-order valence-corrected chi connectivity index (χ3v) is 4.25. The molecular weight excluding hydrogens is 390 g/mol. The van der Waals surface area contributed by atoms with Crippen LogP contribution in [-0.4, -0.2) is 69.7 Å². The highest BCUT2D eigenvalue weighted by molar-refractivity contribution is 5.70. The number of nitrogens with one attached hydrogen (secondary N) is 3. The van der Waals surface area contributed by atoms with Crippen molar-refractivity contribution in [2.45, 2.75) is 31.5 Å². The molecule has 0 aromatic carbocycles. The van der Waals surface area contributed by atoms with E-state index >= 15 is 0 Å². The first-order chi connectivity index (χ1) is 13.7. The van der Waals surface area contributed by atoms with Gasteiger partial charge in [-0.05, 0) is 6.92 Å². The molecule has 4 rings (SSSR count). The first kappa shape index (κ1) is 20.4. The quantitative estimate of drug-likeness (QED) is 0.223. The molecule has 8 N–H and O–H groups in total. The summed E-state index contributed by atoms with van der Waals surface area (Å²) in [7, 11) is 0. The van der Waals surface area contributed by atoms with Crippen molar-refractivity contribution in [3.63, 3.8) is 0 Å². The topological polar surface area (TPSA) is 225 Å². The lowest BCUT2D eigenvalue weighted by atomic mass is 10.1. The van der Waals surface area contributed by atoms with Crippen molar-refractivity contribution in [2.24, 2.45) is 0 Å². The predicted molar refractivity (Wildman–Crippen MR) is 98.0 cm³/mol. The number of nitrogens with zero attached hydrogens (tertiary/aromatic N) is 3. The Morgan fingerprint density at radius 1 is 1.21 bits per heavy atom. The number of aromatic amines is 3. The van der Waals surface area contributed by atoms with Gasteiger partial charge in [0.2, 0.25) is 5.95 Å². The van der Waals surface area contributed by atoms with Gasteiger partial charge in [0.25, 0.3) is 11.1 Å². The smallest absolute Gasteiger partial charge is 0.325 e. The summed E-state index contributed by atoms with van der Waals surface area (Å²) >= 11 is 0. The van der Waals surface area contributed by atoms with Gasteiger partial charge in [-0.2, -0.15) is 4.98 Å². The monoisotopic (exact) mass is 409 g/mol. The summed E-state index contributed by atoms with van der Waals surface area (Å²) in [5.41, 5.74) is 4.82. The number of H-pyrrole nitrogens is 3. The van der Waals surface area contributed by atoms with E-state index in [1.54, 1.807) is 6.92 Å². The number of aliphatic hydroxyl groups is 3. The second kappa shape index (κ2) is 7.96. The van der Waals surface area contributed by atoms with E-state index in [-0.39, 0.29) is 22.7 Å². The fraction of sp³-hybridized carbons (Fsp3) is 0.400. The highest BCUT2D eigenvalue weighted by atomic mass is 16.6. The number of hydrogen-bond donors (Lipinski definition) is 7. The van der Waals surface area contributed by atoms with Crippen LogP contribution in [0.2, 0.25) is 0 Å². The minimum absolute atomic E-state index is 0.0388. The maximum absolute atomic E-state index is 11.7. The molecule has 1 aliphatic heterocycles. The molecule has 156 valence electrons. The standard InChI is InChI=1S/C10H13N5O5.C5H6N2O2/c11-10-13-7-4(8(19)14-10)12-2-15(7)9-6(18)5(17)3(1-16)20-9;1-3-2-6-5(9)7-4(3)8/h2-3,5-6,9,16-18H,1H2,(H3,11,13,14,19);2H,1H3,(H2,6,7,8,9)/t3-,5-,6-,9-;/m1./s1. The molecular formula is C15H19N7O7. The van der Waals surface area contributed by atoms with Gasteiger partial charge in [-0.1, -0.05) is 0 Å². The van der Waals surface area contributed by atoms with Gasteiger partial charge in [-0.25, -0.2) is 9.78 Å². The third kappa shape index (κ3) is 3.95. The van der Waals surface area contributed by atoms with E-state index in [1.165, 1.54) is 17.1 Å². The van der Waals surface area contributed by atoms with Crippen molar-refractivity contribution >= 4 is 17.1 Å². The molecule has 1 saturated heterocycles. The minimum Gasteiger partial charge on any atom is -0.394 e. The van der Waals surface area contributed by atoms with Gasteiger partial charge in [-0.3, -0.25) is 24.1 Å². The summed E-state index contributed by atoms with van der Waals surface area (Å²) < 4.78 is 6.64. The first-order valence-electron chi connectivity index (χ1n) is 8.36. The summed E-state index contributed by atoms with van der Waals surface area (Å²) in [6.45, 7) is 1.17. The molecule has 0 bridgehead atoms. The van der Waals surface area contributed by atoms with Crippen molar-refractivity contribution in [2.75, 3.05) is 12.3 Å². The second-order valence-electron chi connectivity index (χ2n) is 6.26. The number of rotatable bonds is 2. The highest BCUT2D eigenvalue weighted by Crippen LogP contribution is 2.30. The summed E-state index contributed by atoms with van der Waals surface area (Å²) in [5, 5.41) is 28.7. The van der Waals surface area contributed by atoms with Crippen LogP contribution in [0.4, 0.5) is 5.95 Å². The van der Waals surface area contributed by atoms with Crippen molar-refractivity contribution in [1.29, 1.82) is 0 Å². The van der Waals surface area contributed by atoms with Crippen LogP contribution in [0.15, 0.2) is 26.9 Å². The minimum atomic E-state index is -1.29. The molecule has 0 aliphatic carbocycles. The average molecular weight is 409 g/mol. The van der Waals surface area contributed by atoms with Crippen LogP contribution in [0, 0.1) is 6.92 Å². The molecule has 14 heteroatoms. The number of ether oxygens (including phenoxy) is 1. The van der Waals surface area contributed by atoms with Gasteiger partial charge in [0.1, 0.15) is 18.3 Å². The fourth-order valence-electron chi connectivity index (χ4n) is 2.72. The van der Waals surface area contributed by atoms with Crippen LogP contribution >= 0.6 is 0 Å². The number of fused-ring (bicyclic) bond motifs is 1. The van der Waals surface area contributed by atoms with Crippen molar-refractivity contribution < 1.29 is 20.1 Å². The van der Waals surface area contributed by atoms with E-state index in [2.05, 4.69) is 24.9 Å². The Kier molecular flexibility index (Phi) is 5.60. The van der Waals surface area contributed by atoms with Crippen LogP contribution in [0.25, 0.3) is 11.2 Å². The van der Waals surface area contributed by atoms with Crippen LogP contribution < -0.4 is 22.5 Å². The zero-order chi connectivity index (χ0) is 21.3. The molecule has 0 amide bonds.